The molecular formula is C13H9Cl3N4. The Balaban J connectivity index is 2.04. The summed E-state index contributed by atoms with van der Waals surface area (Å²) in [7, 11) is 0. The first kappa shape index (κ1) is 13.4. The smallest absolute Gasteiger partial charge is 0.0672 e. The summed E-state index contributed by atoms with van der Waals surface area (Å²) in [5.74, 6) is 0. The van der Waals surface area contributed by atoms with E-state index in [1.54, 1.807) is 18.3 Å². The molecule has 3 rings (SSSR count). The highest BCUT2D eigenvalue weighted by Crippen LogP contribution is 2.35. The number of hydrogen-bond acceptors (Lipinski definition) is 3. The fraction of sp³-hybridized carbons (Fsp3) is 0. The van der Waals surface area contributed by atoms with Gasteiger partial charge < -0.3 is 11.1 Å². The summed E-state index contributed by atoms with van der Waals surface area (Å²) in [5, 5.41) is 12.2. The molecule has 4 nitrogen and oxygen atoms in total. The van der Waals surface area contributed by atoms with Crippen LogP contribution in [0.3, 0.4) is 0 Å². The second kappa shape index (κ2) is 5.05. The van der Waals surface area contributed by atoms with Gasteiger partial charge in [0.2, 0.25) is 0 Å². The van der Waals surface area contributed by atoms with Crippen molar-refractivity contribution in [2.45, 2.75) is 0 Å². The zero-order valence-electron chi connectivity index (χ0n) is 10.0. The van der Waals surface area contributed by atoms with Crippen molar-refractivity contribution in [3.8, 4) is 0 Å². The van der Waals surface area contributed by atoms with E-state index in [1.165, 1.54) is 0 Å². The molecule has 0 saturated carbocycles. The number of aromatic nitrogens is 2. The molecule has 0 unspecified atom stereocenters. The van der Waals surface area contributed by atoms with Crippen LogP contribution in [0.2, 0.25) is 15.1 Å². The van der Waals surface area contributed by atoms with E-state index in [0.717, 1.165) is 10.9 Å². The molecule has 0 saturated heterocycles. The van der Waals surface area contributed by atoms with E-state index in [1.807, 2.05) is 12.1 Å². The molecule has 4 N–H and O–H groups in total. The number of fused-ring (bicyclic) bond motifs is 1. The third-order valence-electron chi connectivity index (χ3n) is 2.89. The van der Waals surface area contributed by atoms with Crippen molar-refractivity contribution in [2.75, 3.05) is 11.1 Å². The maximum absolute atomic E-state index is 6.13. The van der Waals surface area contributed by atoms with Gasteiger partial charge in [0.15, 0.2) is 0 Å². The molecule has 0 atom stereocenters. The Bertz CT molecular complexity index is 798. The Hall–Kier alpha value is -1.62. The summed E-state index contributed by atoms with van der Waals surface area (Å²) in [6.45, 7) is 0. The van der Waals surface area contributed by atoms with Crippen LogP contribution in [-0.2, 0) is 0 Å². The lowest BCUT2D eigenvalue weighted by molar-refractivity contribution is 1.12. The highest BCUT2D eigenvalue weighted by molar-refractivity contribution is 6.44. The first-order chi connectivity index (χ1) is 9.54. The van der Waals surface area contributed by atoms with Gasteiger partial charge in [-0.15, -0.1) is 0 Å². The van der Waals surface area contributed by atoms with Crippen molar-refractivity contribution in [1.82, 2.24) is 10.2 Å². The predicted molar refractivity (Wildman–Crippen MR) is 85.3 cm³/mol. The van der Waals surface area contributed by atoms with Crippen LogP contribution in [0.4, 0.5) is 17.1 Å². The number of halogens is 3. The molecule has 0 aliphatic heterocycles. The van der Waals surface area contributed by atoms with Crippen LogP contribution in [0.1, 0.15) is 0 Å². The number of rotatable bonds is 2. The minimum absolute atomic E-state index is 0.402. The topological polar surface area (TPSA) is 66.7 Å². The number of nitrogens with two attached hydrogens (primary N) is 1. The highest BCUT2D eigenvalue weighted by atomic mass is 35.5. The maximum Gasteiger partial charge on any atom is 0.0672 e. The van der Waals surface area contributed by atoms with Gasteiger partial charge >= 0.3 is 0 Å². The molecule has 102 valence electrons. The van der Waals surface area contributed by atoms with Gasteiger partial charge in [0.1, 0.15) is 0 Å². The second-order valence-electron chi connectivity index (χ2n) is 4.27. The van der Waals surface area contributed by atoms with Gasteiger partial charge in [0.05, 0.1) is 43.8 Å². The lowest BCUT2D eigenvalue weighted by Crippen LogP contribution is -1.97. The van der Waals surface area contributed by atoms with E-state index < -0.39 is 0 Å². The number of nitrogen functional groups attached to an aromatic ring is 1. The van der Waals surface area contributed by atoms with Gasteiger partial charge in [-0.05, 0) is 24.3 Å². The molecule has 0 radical (unpaired) electrons. The van der Waals surface area contributed by atoms with Gasteiger partial charge in [0.25, 0.3) is 0 Å². The average molecular weight is 328 g/mol. The summed E-state index contributed by atoms with van der Waals surface area (Å²) in [6, 6.07) is 6.92. The molecule has 0 spiro atoms. The van der Waals surface area contributed by atoms with Crippen LogP contribution in [0, 0.1) is 0 Å². The molecule has 0 aliphatic carbocycles. The van der Waals surface area contributed by atoms with Gasteiger partial charge in [-0.2, -0.15) is 5.10 Å². The van der Waals surface area contributed by atoms with Gasteiger partial charge in [-0.25, -0.2) is 0 Å². The summed E-state index contributed by atoms with van der Waals surface area (Å²) in [5.41, 5.74) is 8.80. The molecule has 3 aromatic rings. The average Bonchev–Trinajstić information content (AvgIpc) is 2.83. The molecule has 0 fully saturated rings. The minimum Gasteiger partial charge on any atom is -0.397 e. The van der Waals surface area contributed by atoms with Crippen molar-refractivity contribution in [3.05, 3.63) is 45.5 Å². The first-order valence-electron chi connectivity index (χ1n) is 5.69. The van der Waals surface area contributed by atoms with Crippen molar-refractivity contribution < 1.29 is 0 Å². The lowest BCUT2D eigenvalue weighted by atomic mass is 10.2. The van der Waals surface area contributed by atoms with Crippen LogP contribution in [-0.4, -0.2) is 10.2 Å². The van der Waals surface area contributed by atoms with E-state index in [2.05, 4.69) is 15.5 Å². The molecule has 20 heavy (non-hydrogen) atoms. The number of hydrogen-bond donors (Lipinski definition) is 3. The third-order valence-corrected chi connectivity index (χ3v) is 3.92. The number of H-pyrrole nitrogens is 1. The van der Waals surface area contributed by atoms with Crippen LogP contribution in [0.5, 0.6) is 0 Å². The Morgan fingerprint density at radius 1 is 0.950 bits per heavy atom. The lowest BCUT2D eigenvalue weighted by Gasteiger charge is -2.12. The number of benzene rings is 2. The Labute approximate surface area is 129 Å². The number of nitrogens with zero attached hydrogens (tertiary/aromatic N) is 1. The number of anilines is 3. The monoisotopic (exact) mass is 326 g/mol. The SMILES string of the molecule is Nc1cc2cn[nH]c2cc1Nc1cc(Cl)c(Cl)cc1Cl. The van der Waals surface area contributed by atoms with E-state index in [0.29, 0.717) is 32.1 Å². The standard InChI is InChI=1S/C13H9Cl3N4/c14-7-2-9(16)12(3-8(7)15)19-13-4-11-6(1-10(13)17)5-18-20-11/h1-5,19H,17H2,(H,18,20). The fourth-order valence-corrected chi connectivity index (χ4v) is 2.47. The molecule has 2 aromatic carbocycles. The fourth-order valence-electron chi connectivity index (χ4n) is 1.88. The number of aromatic amines is 1. The van der Waals surface area contributed by atoms with E-state index >= 15 is 0 Å². The summed E-state index contributed by atoms with van der Waals surface area (Å²) in [4.78, 5) is 0. The normalized spacial score (nSPS) is 10.9. The molecule has 0 amide bonds. The molecule has 1 heterocycles. The molecule has 0 aliphatic rings. The number of nitrogens with one attached hydrogen (secondary N) is 2. The summed E-state index contributed by atoms with van der Waals surface area (Å²) < 4.78 is 0. The van der Waals surface area contributed by atoms with Crippen molar-refractivity contribution in [1.29, 1.82) is 0 Å². The summed E-state index contributed by atoms with van der Waals surface area (Å²) >= 11 is 18.0. The Morgan fingerprint density at radius 2 is 1.70 bits per heavy atom. The van der Waals surface area contributed by atoms with Crippen LogP contribution < -0.4 is 11.1 Å². The highest BCUT2D eigenvalue weighted by Gasteiger charge is 2.09. The van der Waals surface area contributed by atoms with E-state index in [4.69, 9.17) is 40.5 Å². The molecule has 0 bridgehead atoms. The Morgan fingerprint density at radius 3 is 2.50 bits per heavy atom. The van der Waals surface area contributed by atoms with Crippen LogP contribution in [0.15, 0.2) is 30.5 Å². The zero-order valence-corrected chi connectivity index (χ0v) is 12.3. The quantitative estimate of drug-likeness (QED) is 0.465. The van der Waals surface area contributed by atoms with Gasteiger partial charge in [-0.3, -0.25) is 5.10 Å². The molecular weight excluding hydrogens is 319 g/mol. The minimum atomic E-state index is 0.402. The largest absolute Gasteiger partial charge is 0.397 e. The van der Waals surface area contributed by atoms with Gasteiger partial charge in [0, 0.05) is 5.39 Å². The van der Waals surface area contributed by atoms with Crippen LogP contribution >= 0.6 is 34.8 Å². The zero-order chi connectivity index (χ0) is 14.3. The molecule has 7 heteroatoms. The Kier molecular flexibility index (Phi) is 3.38. The first-order valence-corrected chi connectivity index (χ1v) is 6.82. The van der Waals surface area contributed by atoms with Crippen molar-refractivity contribution in [2.24, 2.45) is 0 Å². The van der Waals surface area contributed by atoms with Gasteiger partial charge in [-0.1, -0.05) is 34.8 Å². The predicted octanol–water partition coefficient (Wildman–Crippen LogP) is 4.85. The third kappa shape index (κ3) is 2.38. The van der Waals surface area contributed by atoms with E-state index in [-0.39, 0.29) is 0 Å². The van der Waals surface area contributed by atoms with E-state index in [9.17, 15) is 0 Å². The van der Waals surface area contributed by atoms with Crippen molar-refractivity contribution >= 4 is 62.8 Å². The molecule has 1 aromatic heterocycles. The van der Waals surface area contributed by atoms with Crippen molar-refractivity contribution in [3.63, 3.8) is 0 Å². The van der Waals surface area contributed by atoms with Crippen LogP contribution in [0.25, 0.3) is 10.9 Å². The maximum atomic E-state index is 6.13. The summed E-state index contributed by atoms with van der Waals surface area (Å²) in [6.07, 6.45) is 1.71. The second-order valence-corrected chi connectivity index (χ2v) is 5.49.